The first-order valence-corrected chi connectivity index (χ1v) is 8.02. The SMILES string of the molecule is CC(=O)NCCC(=O)NCC1CN(Cc2ccccc2)CCO1. The first-order valence-electron chi connectivity index (χ1n) is 8.02. The first-order chi connectivity index (χ1) is 11.1. The molecule has 1 aliphatic heterocycles. The molecule has 1 saturated heterocycles. The second-order valence-corrected chi connectivity index (χ2v) is 5.75. The van der Waals surface area contributed by atoms with Gasteiger partial charge in [-0.2, -0.15) is 0 Å². The van der Waals surface area contributed by atoms with Crippen LogP contribution in [0.15, 0.2) is 30.3 Å². The largest absolute Gasteiger partial charge is 0.374 e. The molecule has 1 atom stereocenters. The third-order valence-corrected chi connectivity index (χ3v) is 3.72. The third kappa shape index (κ3) is 6.80. The highest BCUT2D eigenvalue weighted by Gasteiger charge is 2.20. The molecule has 2 amide bonds. The fourth-order valence-corrected chi connectivity index (χ4v) is 2.56. The Bertz CT molecular complexity index is 507. The average molecular weight is 319 g/mol. The topological polar surface area (TPSA) is 70.7 Å². The Hall–Kier alpha value is -1.92. The highest BCUT2D eigenvalue weighted by molar-refractivity contribution is 5.77. The fourth-order valence-electron chi connectivity index (χ4n) is 2.56. The molecule has 6 heteroatoms. The van der Waals surface area contributed by atoms with Crippen molar-refractivity contribution < 1.29 is 14.3 Å². The molecule has 0 aromatic heterocycles. The summed E-state index contributed by atoms with van der Waals surface area (Å²) in [5, 5.41) is 5.48. The molecule has 1 unspecified atom stereocenters. The maximum atomic E-state index is 11.7. The molecule has 1 aromatic carbocycles. The number of nitrogens with zero attached hydrogens (tertiary/aromatic N) is 1. The smallest absolute Gasteiger partial charge is 0.221 e. The Labute approximate surface area is 137 Å². The van der Waals surface area contributed by atoms with Gasteiger partial charge in [-0.25, -0.2) is 0 Å². The van der Waals surface area contributed by atoms with E-state index in [4.69, 9.17) is 4.74 Å². The van der Waals surface area contributed by atoms with Crippen LogP contribution in [-0.2, 0) is 20.9 Å². The summed E-state index contributed by atoms with van der Waals surface area (Å²) in [6.45, 7) is 5.60. The van der Waals surface area contributed by atoms with Gasteiger partial charge in [-0.15, -0.1) is 0 Å². The van der Waals surface area contributed by atoms with Crippen molar-refractivity contribution in [1.29, 1.82) is 0 Å². The second kappa shape index (κ2) is 9.27. The Morgan fingerprint density at radius 3 is 2.78 bits per heavy atom. The van der Waals surface area contributed by atoms with Crippen molar-refractivity contribution in [3.8, 4) is 0 Å². The van der Waals surface area contributed by atoms with Gasteiger partial charge >= 0.3 is 0 Å². The Kier molecular flexibility index (Phi) is 7.03. The summed E-state index contributed by atoms with van der Waals surface area (Å²) < 4.78 is 5.71. The number of benzene rings is 1. The summed E-state index contributed by atoms with van der Waals surface area (Å²) in [6, 6.07) is 10.3. The van der Waals surface area contributed by atoms with Gasteiger partial charge in [-0.05, 0) is 5.56 Å². The highest BCUT2D eigenvalue weighted by atomic mass is 16.5. The van der Waals surface area contributed by atoms with Crippen LogP contribution >= 0.6 is 0 Å². The number of ether oxygens (including phenoxy) is 1. The summed E-state index contributed by atoms with van der Waals surface area (Å²) >= 11 is 0. The predicted octanol–water partition coefficient (Wildman–Crippen LogP) is 0.530. The van der Waals surface area contributed by atoms with E-state index in [0.717, 1.165) is 19.6 Å². The van der Waals surface area contributed by atoms with Crippen LogP contribution in [0.25, 0.3) is 0 Å². The van der Waals surface area contributed by atoms with Gasteiger partial charge in [-0.3, -0.25) is 14.5 Å². The van der Waals surface area contributed by atoms with Crippen molar-refractivity contribution in [3.63, 3.8) is 0 Å². The van der Waals surface area contributed by atoms with Gasteiger partial charge in [0.25, 0.3) is 0 Å². The number of carbonyl (C=O) groups excluding carboxylic acids is 2. The van der Waals surface area contributed by atoms with Gasteiger partial charge in [0.1, 0.15) is 0 Å². The van der Waals surface area contributed by atoms with Gasteiger partial charge in [0.2, 0.25) is 11.8 Å². The Balaban J connectivity index is 1.67. The molecule has 0 radical (unpaired) electrons. The monoisotopic (exact) mass is 319 g/mol. The molecule has 1 heterocycles. The molecule has 1 fully saturated rings. The lowest BCUT2D eigenvalue weighted by Gasteiger charge is -2.33. The summed E-state index contributed by atoms with van der Waals surface area (Å²) in [7, 11) is 0. The predicted molar refractivity (Wildman–Crippen MR) is 87.8 cm³/mol. The van der Waals surface area contributed by atoms with Crippen LogP contribution < -0.4 is 10.6 Å². The molecule has 1 aromatic rings. The summed E-state index contributed by atoms with van der Waals surface area (Å²) in [5.41, 5.74) is 1.28. The number of hydrogen-bond acceptors (Lipinski definition) is 4. The number of amides is 2. The van der Waals surface area contributed by atoms with Crippen LogP contribution in [-0.4, -0.2) is 55.6 Å². The van der Waals surface area contributed by atoms with E-state index in [1.165, 1.54) is 12.5 Å². The summed E-state index contributed by atoms with van der Waals surface area (Å²) in [5.74, 6) is -0.187. The molecule has 0 bridgehead atoms. The number of carbonyl (C=O) groups is 2. The average Bonchev–Trinajstić information content (AvgIpc) is 2.54. The van der Waals surface area contributed by atoms with E-state index in [0.29, 0.717) is 26.1 Å². The van der Waals surface area contributed by atoms with Crippen LogP contribution in [0, 0.1) is 0 Å². The van der Waals surface area contributed by atoms with Gasteiger partial charge in [-0.1, -0.05) is 30.3 Å². The molecule has 0 aliphatic carbocycles. The molecular weight excluding hydrogens is 294 g/mol. The van der Waals surface area contributed by atoms with Crippen molar-refractivity contribution in [2.75, 3.05) is 32.8 Å². The minimum Gasteiger partial charge on any atom is -0.374 e. The zero-order valence-electron chi connectivity index (χ0n) is 13.6. The quantitative estimate of drug-likeness (QED) is 0.769. The van der Waals surface area contributed by atoms with E-state index in [-0.39, 0.29) is 17.9 Å². The van der Waals surface area contributed by atoms with Gasteiger partial charge < -0.3 is 15.4 Å². The van der Waals surface area contributed by atoms with Crippen LogP contribution in [0.3, 0.4) is 0 Å². The second-order valence-electron chi connectivity index (χ2n) is 5.75. The lowest BCUT2D eigenvalue weighted by atomic mass is 10.2. The molecule has 2 N–H and O–H groups in total. The maximum absolute atomic E-state index is 11.7. The zero-order valence-corrected chi connectivity index (χ0v) is 13.6. The fraction of sp³-hybridized carbons (Fsp3) is 0.529. The maximum Gasteiger partial charge on any atom is 0.221 e. The molecule has 2 rings (SSSR count). The van der Waals surface area contributed by atoms with Crippen molar-refractivity contribution in [2.24, 2.45) is 0 Å². The lowest BCUT2D eigenvalue weighted by molar-refractivity contribution is -0.122. The number of nitrogens with one attached hydrogen (secondary N) is 2. The van der Waals surface area contributed by atoms with E-state index >= 15 is 0 Å². The van der Waals surface area contributed by atoms with Crippen LogP contribution in [0.2, 0.25) is 0 Å². The molecular formula is C17H25N3O3. The number of hydrogen-bond donors (Lipinski definition) is 2. The van der Waals surface area contributed by atoms with Crippen molar-refractivity contribution >= 4 is 11.8 Å². The lowest BCUT2D eigenvalue weighted by Crippen LogP contribution is -2.47. The minimum absolute atomic E-state index is 0.0113. The molecule has 126 valence electrons. The number of morpholine rings is 1. The number of rotatable bonds is 7. The van der Waals surface area contributed by atoms with Gasteiger partial charge in [0, 0.05) is 46.1 Å². The van der Waals surface area contributed by atoms with Crippen molar-refractivity contribution in [2.45, 2.75) is 26.0 Å². The molecule has 0 saturated carbocycles. The summed E-state index contributed by atoms with van der Waals surface area (Å²) in [6.07, 6.45) is 0.303. The van der Waals surface area contributed by atoms with Crippen molar-refractivity contribution in [3.05, 3.63) is 35.9 Å². The van der Waals surface area contributed by atoms with Crippen molar-refractivity contribution in [1.82, 2.24) is 15.5 Å². The third-order valence-electron chi connectivity index (χ3n) is 3.72. The molecule has 1 aliphatic rings. The van der Waals surface area contributed by atoms with Gasteiger partial charge in [0.05, 0.1) is 12.7 Å². The minimum atomic E-state index is -0.120. The Morgan fingerprint density at radius 1 is 1.26 bits per heavy atom. The van der Waals surface area contributed by atoms with E-state index in [9.17, 15) is 9.59 Å². The highest BCUT2D eigenvalue weighted by Crippen LogP contribution is 2.10. The van der Waals surface area contributed by atoms with Crippen LogP contribution in [0.5, 0.6) is 0 Å². The van der Waals surface area contributed by atoms with Gasteiger partial charge in [0.15, 0.2) is 0 Å². The normalized spacial score (nSPS) is 18.4. The standard InChI is InChI=1S/C17H25N3O3/c1-14(21)18-8-7-17(22)19-11-16-13-20(9-10-23-16)12-15-5-3-2-4-6-15/h2-6,16H,7-13H2,1H3,(H,18,21)(H,19,22). The first kappa shape index (κ1) is 17.4. The van der Waals surface area contributed by atoms with Crippen LogP contribution in [0.4, 0.5) is 0 Å². The van der Waals surface area contributed by atoms with E-state index in [2.05, 4.69) is 27.7 Å². The van der Waals surface area contributed by atoms with Crippen LogP contribution in [0.1, 0.15) is 18.9 Å². The molecule has 0 spiro atoms. The Morgan fingerprint density at radius 2 is 2.04 bits per heavy atom. The summed E-state index contributed by atoms with van der Waals surface area (Å²) in [4.78, 5) is 24.8. The van der Waals surface area contributed by atoms with E-state index < -0.39 is 0 Å². The molecule has 23 heavy (non-hydrogen) atoms. The molecule has 6 nitrogen and oxygen atoms in total. The van der Waals surface area contributed by atoms with E-state index in [1.807, 2.05) is 18.2 Å². The van der Waals surface area contributed by atoms with E-state index in [1.54, 1.807) is 0 Å². The zero-order chi connectivity index (χ0) is 16.5.